The fourth-order valence-corrected chi connectivity index (χ4v) is 1.92. The Kier molecular flexibility index (Phi) is 3.84. The number of carbonyl (C=O) groups excluding carboxylic acids is 1. The van der Waals surface area contributed by atoms with Crippen LogP contribution in [0.2, 0.25) is 0 Å². The molecule has 7 nitrogen and oxygen atoms in total. The number of aryl methyl sites for hydroxylation is 3. The molecular formula is C12H18N6O. The predicted molar refractivity (Wildman–Crippen MR) is 71.6 cm³/mol. The summed E-state index contributed by atoms with van der Waals surface area (Å²) in [6.07, 6.45) is 5.02. The van der Waals surface area contributed by atoms with Gasteiger partial charge in [0.05, 0.1) is 18.1 Å². The number of amides is 1. The summed E-state index contributed by atoms with van der Waals surface area (Å²) in [7, 11) is 1.69. The first-order valence-electron chi connectivity index (χ1n) is 6.14. The van der Waals surface area contributed by atoms with Crippen molar-refractivity contribution in [1.29, 1.82) is 0 Å². The van der Waals surface area contributed by atoms with Crippen molar-refractivity contribution in [2.75, 3.05) is 12.3 Å². The lowest BCUT2D eigenvalue weighted by atomic mass is 10.1. The topological polar surface area (TPSA) is 102 Å². The van der Waals surface area contributed by atoms with E-state index in [0.29, 0.717) is 17.9 Å². The largest absolute Gasteiger partial charge is 0.396 e. The molecule has 0 spiro atoms. The van der Waals surface area contributed by atoms with Crippen molar-refractivity contribution in [1.82, 2.24) is 25.3 Å². The fraction of sp³-hybridized carbons (Fsp3) is 0.417. The van der Waals surface area contributed by atoms with Crippen LogP contribution in [-0.2, 0) is 13.5 Å². The third kappa shape index (κ3) is 2.93. The molecule has 2 aromatic heterocycles. The molecule has 7 heteroatoms. The first-order valence-corrected chi connectivity index (χ1v) is 6.14. The lowest BCUT2D eigenvalue weighted by Crippen LogP contribution is -2.27. The summed E-state index contributed by atoms with van der Waals surface area (Å²) in [5, 5.41) is 13.6. The molecule has 0 aliphatic rings. The number of aromatic amines is 1. The number of nitrogens with zero attached hydrogens (tertiary/aromatic N) is 3. The minimum Gasteiger partial charge on any atom is -0.396 e. The maximum Gasteiger partial charge on any atom is 0.271 e. The lowest BCUT2D eigenvalue weighted by Gasteiger charge is -2.06. The van der Waals surface area contributed by atoms with Gasteiger partial charge in [-0.05, 0) is 25.3 Å². The van der Waals surface area contributed by atoms with Crippen LogP contribution in [0.3, 0.4) is 0 Å². The molecule has 0 atom stereocenters. The Labute approximate surface area is 111 Å². The zero-order chi connectivity index (χ0) is 13.8. The van der Waals surface area contributed by atoms with Crippen molar-refractivity contribution >= 4 is 11.6 Å². The molecule has 19 heavy (non-hydrogen) atoms. The number of hydrogen-bond donors (Lipinski definition) is 3. The monoisotopic (exact) mass is 262 g/mol. The molecule has 1 amide bonds. The maximum absolute atomic E-state index is 11.9. The van der Waals surface area contributed by atoms with Crippen molar-refractivity contribution in [3.8, 4) is 0 Å². The number of H-pyrrole nitrogens is 1. The molecular weight excluding hydrogens is 244 g/mol. The third-order valence-corrected chi connectivity index (χ3v) is 3.02. The van der Waals surface area contributed by atoms with Crippen molar-refractivity contribution in [2.45, 2.75) is 19.8 Å². The number of anilines is 1. The Hall–Kier alpha value is -2.31. The van der Waals surface area contributed by atoms with Crippen LogP contribution in [0.1, 0.15) is 28.2 Å². The van der Waals surface area contributed by atoms with Crippen molar-refractivity contribution in [3.05, 3.63) is 29.3 Å². The summed E-state index contributed by atoms with van der Waals surface area (Å²) in [4.78, 5) is 11.9. The van der Waals surface area contributed by atoms with E-state index in [9.17, 15) is 4.79 Å². The second kappa shape index (κ2) is 5.55. The highest BCUT2D eigenvalue weighted by molar-refractivity contribution is 5.97. The zero-order valence-corrected chi connectivity index (χ0v) is 11.1. The Morgan fingerprint density at radius 1 is 1.53 bits per heavy atom. The molecule has 0 saturated heterocycles. The molecule has 0 fully saturated rings. The summed E-state index contributed by atoms with van der Waals surface area (Å²) in [5.41, 5.74) is 8.73. The van der Waals surface area contributed by atoms with Gasteiger partial charge >= 0.3 is 0 Å². The number of nitrogens with one attached hydrogen (secondary N) is 2. The van der Waals surface area contributed by atoms with Crippen LogP contribution in [0.4, 0.5) is 5.69 Å². The molecule has 0 bridgehead atoms. The molecule has 102 valence electrons. The number of nitrogens with two attached hydrogens (primary N) is 1. The highest BCUT2D eigenvalue weighted by Gasteiger charge is 2.13. The SMILES string of the molecule is Cc1[nH]ncc1CCCNC(=O)c1c(N)cnn1C. The van der Waals surface area contributed by atoms with Crippen molar-refractivity contribution in [3.63, 3.8) is 0 Å². The maximum atomic E-state index is 11.9. The Bertz CT molecular complexity index is 551. The first-order chi connectivity index (χ1) is 9.09. The van der Waals surface area contributed by atoms with Crippen LogP contribution >= 0.6 is 0 Å². The summed E-state index contributed by atoms with van der Waals surface area (Å²) in [6.45, 7) is 2.57. The summed E-state index contributed by atoms with van der Waals surface area (Å²) in [6, 6.07) is 0. The highest BCUT2D eigenvalue weighted by Crippen LogP contribution is 2.09. The van der Waals surface area contributed by atoms with Gasteiger partial charge in [0.1, 0.15) is 5.69 Å². The van der Waals surface area contributed by atoms with Gasteiger partial charge in [0.15, 0.2) is 0 Å². The molecule has 0 aliphatic carbocycles. The zero-order valence-electron chi connectivity index (χ0n) is 11.1. The van der Waals surface area contributed by atoms with E-state index in [1.54, 1.807) is 7.05 Å². The van der Waals surface area contributed by atoms with Crippen LogP contribution in [-0.4, -0.2) is 32.4 Å². The number of aromatic nitrogens is 4. The number of rotatable bonds is 5. The fourth-order valence-electron chi connectivity index (χ4n) is 1.92. The van der Waals surface area contributed by atoms with Gasteiger partial charge in [0.2, 0.25) is 0 Å². The molecule has 0 radical (unpaired) electrons. The van der Waals surface area contributed by atoms with E-state index in [1.807, 2.05) is 13.1 Å². The second-order valence-corrected chi connectivity index (χ2v) is 4.45. The average Bonchev–Trinajstić information content (AvgIpc) is 2.92. The van der Waals surface area contributed by atoms with Crippen LogP contribution in [0, 0.1) is 6.92 Å². The smallest absolute Gasteiger partial charge is 0.271 e. The molecule has 0 aliphatic heterocycles. The van der Waals surface area contributed by atoms with E-state index >= 15 is 0 Å². The Morgan fingerprint density at radius 3 is 2.89 bits per heavy atom. The van der Waals surface area contributed by atoms with Gasteiger partial charge in [-0.25, -0.2) is 0 Å². The quantitative estimate of drug-likeness (QED) is 0.679. The molecule has 2 aromatic rings. The average molecular weight is 262 g/mol. The van der Waals surface area contributed by atoms with Gasteiger partial charge < -0.3 is 11.1 Å². The summed E-state index contributed by atoms with van der Waals surface area (Å²) < 4.78 is 1.48. The third-order valence-electron chi connectivity index (χ3n) is 3.02. The first kappa shape index (κ1) is 13.1. The van der Waals surface area contributed by atoms with Crippen LogP contribution in [0.5, 0.6) is 0 Å². The van der Waals surface area contributed by atoms with E-state index in [-0.39, 0.29) is 5.91 Å². The molecule has 2 heterocycles. The minimum atomic E-state index is -0.193. The summed E-state index contributed by atoms with van der Waals surface area (Å²) in [5.74, 6) is -0.193. The van der Waals surface area contributed by atoms with Crippen molar-refractivity contribution in [2.24, 2.45) is 7.05 Å². The molecule has 2 rings (SSSR count). The van der Waals surface area contributed by atoms with Crippen LogP contribution in [0.25, 0.3) is 0 Å². The standard InChI is InChI=1S/C12H18N6O/c1-8-9(6-15-17-8)4-3-5-14-12(19)11-10(13)7-16-18(11)2/h6-7H,3-5,13H2,1-2H3,(H,14,19)(H,15,17). The van der Waals surface area contributed by atoms with Crippen LogP contribution in [0.15, 0.2) is 12.4 Å². The van der Waals surface area contributed by atoms with Gasteiger partial charge in [-0.3, -0.25) is 14.6 Å². The minimum absolute atomic E-state index is 0.193. The van der Waals surface area contributed by atoms with Crippen LogP contribution < -0.4 is 11.1 Å². The molecule has 4 N–H and O–H groups in total. The second-order valence-electron chi connectivity index (χ2n) is 4.45. The van der Waals surface area contributed by atoms with Gasteiger partial charge in [-0.2, -0.15) is 10.2 Å². The summed E-state index contributed by atoms with van der Waals surface area (Å²) >= 11 is 0. The van der Waals surface area contributed by atoms with E-state index in [0.717, 1.165) is 18.5 Å². The van der Waals surface area contributed by atoms with Gasteiger partial charge in [0.25, 0.3) is 5.91 Å². The van der Waals surface area contributed by atoms with E-state index in [1.165, 1.54) is 16.4 Å². The van der Waals surface area contributed by atoms with Gasteiger partial charge in [-0.1, -0.05) is 0 Å². The predicted octanol–water partition coefficient (Wildman–Crippen LogP) is 0.396. The number of hydrogen-bond acceptors (Lipinski definition) is 4. The van der Waals surface area contributed by atoms with Gasteiger partial charge in [-0.15, -0.1) is 0 Å². The number of carbonyl (C=O) groups is 1. The van der Waals surface area contributed by atoms with E-state index in [2.05, 4.69) is 20.6 Å². The Balaban J connectivity index is 1.80. The highest BCUT2D eigenvalue weighted by atomic mass is 16.2. The van der Waals surface area contributed by atoms with E-state index in [4.69, 9.17) is 5.73 Å². The van der Waals surface area contributed by atoms with Gasteiger partial charge in [0, 0.05) is 19.3 Å². The normalized spacial score (nSPS) is 10.6. The number of nitrogen functional groups attached to an aromatic ring is 1. The van der Waals surface area contributed by atoms with E-state index < -0.39 is 0 Å². The Morgan fingerprint density at radius 2 is 2.32 bits per heavy atom. The lowest BCUT2D eigenvalue weighted by molar-refractivity contribution is 0.0945. The molecule has 0 aromatic carbocycles. The van der Waals surface area contributed by atoms with Crippen molar-refractivity contribution < 1.29 is 4.79 Å². The molecule has 0 saturated carbocycles. The molecule has 0 unspecified atom stereocenters.